The second-order valence-corrected chi connectivity index (χ2v) is 12.0. The van der Waals surface area contributed by atoms with Crippen LogP contribution in [-0.2, 0) is 11.8 Å². The fourth-order valence-electron chi connectivity index (χ4n) is 8.07. The number of carbonyl (C=O) groups excluding carboxylic acids is 1. The number of imidazole rings is 1. The van der Waals surface area contributed by atoms with Gasteiger partial charge >= 0.3 is 0 Å². The van der Waals surface area contributed by atoms with E-state index in [0.29, 0.717) is 23.0 Å². The third-order valence-corrected chi connectivity index (χ3v) is 11.3. The van der Waals surface area contributed by atoms with Gasteiger partial charge in [0.2, 0.25) is 0 Å². The third kappa shape index (κ3) is 2.90. The maximum Gasteiger partial charge on any atom is 0.167 e. The van der Waals surface area contributed by atoms with Crippen LogP contribution in [0.15, 0.2) is 17.6 Å². The minimum absolute atomic E-state index is 0.0139. The summed E-state index contributed by atoms with van der Waals surface area (Å²) in [5.41, 5.74) is -0.236. The first-order valence-corrected chi connectivity index (χ1v) is 12.6. The van der Waals surface area contributed by atoms with Crippen LogP contribution in [0.2, 0.25) is 0 Å². The number of hydrogen-bond donors (Lipinski definition) is 1. The molecule has 29 heavy (non-hydrogen) atoms. The normalized spacial score (nSPS) is 46.8. The van der Waals surface area contributed by atoms with Crippen LogP contribution in [-0.4, -0.2) is 31.8 Å². The lowest BCUT2D eigenvalue weighted by atomic mass is 9.44. The van der Waals surface area contributed by atoms with Crippen molar-refractivity contribution >= 4 is 17.5 Å². The number of carbonyl (C=O) groups is 1. The minimum Gasteiger partial charge on any atom is -0.388 e. The highest BCUT2D eigenvalue weighted by Crippen LogP contribution is 2.68. The highest BCUT2D eigenvalue weighted by atomic mass is 32.2. The first kappa shape index (κ1) is 20.1. The first-order chi connectivity index (χ1) is 13.8. The van der Waals surface area contributed by atoms with Crippen molar-refractivity contribution in [3.05, 3.63) is 12.4 Å². The number of fused-ring (bicyclic) bond motifs is 5. The summed E-state index contributed by atoms with van der Waals surface area (Å²) < 4.78 is 2.05. The van der Waals surface area contributed by atoms with Crippen LogP contribution >= 0.6 is 11.8 Å². The Morgan fingerprint density at radius 2 is 1.97 bits per heavy atom. The molecule has 5 rings (SSSR count). The zero-order chi connectivity index (χ0) is 20.4. The van der Waals surface area contributed by atoms with Gasteiger partial charge in [-0.15, -0.1) is 0 Å². The maximum absolute atomic E-state index is 12.1. The molecule has 4 nitrogen and oxygen atoms in total. The summed E-state index contributed by atoms with van der Waals surface area (Å²) in [6, 6.07) is 0. The van der Waals surface area contributed by atoms with Gasteiger partial charge < -0.3 is 9.67 Å². The lowest BCUT2D eigenvalue weighted by Gasteiger charge is -2.61. The number of rotatable bonds is 3. The van der Waals surface area contributed by atoms with E-state index in [1.54, 1.807) is 11.8 Å². The lowest BCUT2D eigenvalue weighted by Crippen LogP contribution is -2.57. The number of aryl methyl sites for hydroxylation is 1. The molecule has 4 aliphatic rings. The van der Waals surface area contributed by atoms with Crippen LogP contribution in [0, 0.1) is 34.5 Å². The van der Waals surface area contributed by atoms with E-state index in [4.69, 9.17) is 0 Å². The molecule has 1 N–H and O–H groups in total. The van der Waals surface area contributed by atoms with Gasteiger partial charge in [-0.25, -0.2) is 4.98 Å². The molecular formula is C24H36N2O2S. The van der Waals surface area contributed by atoms with Gasteiger partial charge in [-0.3, -0.25) is 4.79 Å². The van der Waals surface area contributed by atoms with Gasteiger partial charge in [0.1, 0.15) is 5.78 Å². The average Bonchev–Trinajstić information content (AvgIpc) is 3.22. The first-order valence-electron chi connectivity index (χ1n) is 11.6. The molecule has 7 atom stereocenters. The zero-order valence-electron chi connectivity index (χ0n) is 18.2. The van der Waals surface area contributed by atoms with Gasteiger partial charge in [-0.05, 0) is 74.0 Å². The fraction of sp³-hybridized carbons (Fsp3) is 0.833. The number of hydrogen-bond acceptors (Lipinski definition) is 4. The zero-order valence-corrected chi connectivity index (χ0v) is 19.0. The Labute approximate surface area is 179 Å². The molecule has 0 saturated heterocycles. The van der Waals surface area contributed by atoms with E-state index in [9.17, 15) is 9.90 Å². The molecule has 4 aliphatic carbocycles. The Hall–Kier alpha value is -0.810. The Morgan fingerprint density at radius 3 is 2.72 bits per heavy atom. The lowest BCUT2D eigenvalue weighted by molar-refractivity contribution is -0.152. The van der Waals surface area contributed by atoms with Crippen molar-refractivity contribution in [1.82, 2.24) is 9.55 Å². The van der Waals surface area contributed by atoms with E-state index in [2.05, 4.69) is 18.8 Å². The molecule has 4 fully saturated rings. The summed E-state index contributed by atoms with van der Waals surface area (Å²) in [6.07, 6.45) is 13.5. The number of Topliss-reactive ketones (excluding diaryl/α,β-unsaturated/α-hetero) is 1. The van der Waals surface area contributed by atoms with Crippen molar-refractivity contribution in [3.63, 3.8) is 0 Å². The molecule has 0 aliphatic heterocycles. The van der Waals surface area contributed by atoms with E-state index in [-0.39, 0.29) is 5.41 Å². The molecule has 1 aromatic heterocycles. The molecule has 4 unspecified atom stereocenters. The van der Waals surface area contributed by atoms with Crippen LogP contribution in [0.3, 0.4) is 0 Å². The number of ketones is 1. The van der Waals surface area contributed by atoms with Crippen molar-refractivity contribution < 1.29 is 9.90 Å². The van der Waals surface area contributed by atoms with E-state index < -0.39 is 5.60 Å². The van der Waals surface area contributed by atoms with E-state index in [0.717, 1.165) is 61.3 Å². The standard InChI is InChI=1S/C24H36N2O2S/c1-22-9-6-17(27)14-16(22)4-5-18-19(22)7-10-23(2)20(18)8-11-24(23,28)15-29-21-25-12-13-26(21)3/h12-13,16,18-20,28H,4-11,14-15H2,1-3H3/t16?,18?,19?,20?,22-,23-,24+/m0/s1. The smallest absolute Gasteiger partial charge is 0.167 e. The second-order valence-electron chi connectivity index (χ2n) is 11.0. The summed E-state index contributed by atoms with van der Waals surface area (Å²) in [5, 5.41) is 12.9. The Bertz CT molecular complexity index is 809. The van der Waals surface area contributed by atoms with Crippen LogP contribution < -0.4 is 0 Å². The number of aromatic nitrogens is 2. The van der Waals surface area contributed by atoms with Gasteiger partial charge in [0.15, 0.2) is 5.16 Å². The van der Waals surface area contributed by atoms with Crippen LogP contribution in [0.25, 0.3) is 0 Å². The molecular weight excluding hydrogens is 380 g/mol. The largest absolute Gasteiger partial charge is 0.388 e. The molecule has 0 bridgehead atoms. The molecule has 1 aromatic rings. The number of aliphatic hydroxyl groups is 1. The van der Waals surface area contributed by atoms with Crippen molar-refractivity contribution in [2.45, 2.75) is 82.4 Å². The van der Waals surface area contributed by atoms with Crippen LogP contribution in [0.5, 0.6) is 0 Å². The van der Waals surface area contributed by atoms with Gasteiger partial charge in [0.25, 0.3) is 0 Å². The molecule has 5 heteroatoms. The van der Waals surface area contributed by atoms with Crippen molar-refractivity contribution in [1.29, 1.82) is 0 Å². The molecule has 1 heterocycles. The van der Waals surface area contributed by atoms with Crippen molar-refractivity contribution in [3.8, 4) is 0 Å². The topological polar surface area (TPSA) is 55.1 Å². The molecule has 0 amide bonds. The predicted octanol–water partition coefficient (Wildman–Crippen LogP) is 4.86. The maximum atomic E-state index is 12.1. The van der Waals surface area contributed by atoms with Crippen LogP contribution in [0.4, 0.5) is 0 Å². The average molecular weight is 417 g/mol. The van der Waals surface area contributed by atoms with Gasteiger partial charge in [-0.1, -0.05) is 25.6 Å². The monoisotopic (exact) mass is 416 g/mol. The summed E-state index contributed by atoms with van der Waals surface area (Å²) >= 11 is 1.72. The molecule has 4 saturated carbocycles. The Morgan fingerprint density at radius 1 is 1.17 bits per heavy atom. The minimum atomic E-state index is -0.598. The predicted molar refractivity (Wildman–Crippen MR) is 116 cm³/mol. The summed E-state index contributed by atoms with van der Waals surface area (Å²) in [6.45, 7) is 4.89. The molecule has 0 aromatic carbocycles. The van der Waals surface area contributed by atoms with E-state index >= 15 is 0 Å². The fourth-order valence-corrected chi connectivity index (χ4v) is 9.31. The summed E-state index contributed by atoms with van der Waals surface area (Å²) in [4.78, 5) is 16.5. The summed E-state index contributed by atoms with van der Waals surface area (Å²) in [5.74, 6) is 3.95. The van der Waals surface area contributed by atoms with E-state index in [1.807, 2.05) is 24.0 Å². The number of nitrogens with zero attached hydrogens (tertiary/aromatic N) is 2. The molecule has 0 radical (unpaired) electrons. The van der Waals surface area contributed by atoms with Crippen molar-refractivity contribution in [2.24, 2.45) is 41.5 Å². The van der Waals surface area contributed by atoms with E-state index in [1.165, 1.54) is 19.3 Å². The highest BCUT2D eigenvalue weighted by molar-refractivity contribution is 7.99. The van der Waals surface area contributed by atoms with Gasteiger partial charge in [0.05, 0.1) is 5.60 Å². The van der Waals surface area contributed by atoms with Crippen molar-refractivity contribution in [2.75, 3.05) is 5.75 Å². The molecule has 160 valence electrons. The highest BCUT2D eigenvalue weighted by Gasteiger charge is 2.64. The SMILES string of the molecule is Cn1ccnc1SC[C@]1(O)CCC2C3CCC4CC(=O)CC[C@]4(C)C3CC[C@@]21C. The second kappa shape index (κ2) is 6.85. The quantitative estimate of drug-likeness (QED) is 0.715. The van der Waals surface area contributed by atoms with Gasteiger partial charge in [-0.2, -0.15) is 0 Å². The Balaban J connectivity index is 1.36. The number of thioether (sulfide) groups is 1. The van der Waals surface area contributed by atoms with Crippen LogP contribution in [0.1, 0.15) is 71.6 Å². The molecule has 0 spiro atoms. The van der Waals surface area contributed by atoms with Gasteiger partial charge in [0, 0.05) is 43.5 Å². The Kier molecular flexibility index (Phi) is 4.75. The summed E-state index contributed by atoms with van der Waals surface area (Å²) in [7, 11) is 2.03. The third-order valence-electron chi connectivity index (χ3n) is 10.0.